The molecule has 0 aliphatic carbocycles. The molecule has 4 nitrogen and oxygen atoms in total. The predicted octanol–water partition coefficient (Wildman–Crippen LogP) is 5.11. The SMILES string of the molecule is COc1ccc2nc(C)c(C(=O)Nc3ccc(Cl)c(Cl)c3)cc2c1. The predicted molar refractivity (Wildman–Crippen MR) is 97.4 cm³/mol. The number of carbonyl (C=O) groups is 1. The first-order chi connectivity index (χ1) is 11.5. The second kappa shape index (κ2) is 6.67. The van der Waals surface area contributed by atoms with Gasteiger partial charge in [0.1, 0.15) is 5.75 Å². The zero-order chi connectivity index (χ0) is 17.3. The van der Waals surface area contributed by atoms with Crippen LogP contribution < -0.4 is 10.1 Å². The number of nitrogens with one attached hydrogen (secondary N) is 1. The van der Waals surface area contributed by atoms with Gasteiger partial charge in [0.2, 0.25) is 0 Å². The van der Waals surface area contributed by atoms with E-state index in [1.54, 1.807) is 38.3 Å². The number of fused-ring (bicyclic) bond motifs is 1. The fraction of sp³-hybridized carbons (Fsp3) is 0.111. The Bertz CT molecular complexity index is 942. The van der Waals surface area contributed by atoms with Crippen LogP contribution in [0.4, 0.5) is 5.69 Å². The van der Waals surface area contributed by atoms with E-state index >= 15 is 0 Å². The number of amides is 1. The molecule has 1 heterocycles. The van der Waals surface area contributed by atoms with Crippen molar-refractivity contribution >= 4 is 45.7 Å². The molecule has 24 heavy (non-hydrogen) atoms. The van der Waals surface area contributed by atoms with Crippen LogP contribution in [0.3, 0.4) is 0 Å². The van der Waals surface area contributed by atoms with Crippen molar-refractivity contribution in [2.45, 2.75) is 6.92 Å². The maximum Gasteiger partial charge on any atom is 0.257 e. The Morgan fingerprint density at radius 1 is 1.08 bits per heavy atom. The highest BCUT2D eigenvalue weighted by Gasteiger charge is 2.13. The van der Waals surface area contributed by atoms with Crippen molar-refractivity contribution in [2.24, 2.45) is 0 Å². The van der Waals surface area contributed by atoms with E-state index in [1.807, 2.05) is 18.2 Å². The van der Waals surface area contributed by atoms with E-state index in [2.05, 4.69) is 10.3 Å². The van der Waals surface area contributed by atoms with Gasteiger partial charge in [0.05, 0.1) is 33.9 Å². The normalized spacial score (nSPS) is 10.7. The molecule has 0 radical (unpaired) electrons. The monoisotopic (exact) mass is 360 g/mol. The van der Waals surface area contributed by atoms with Gasteiger partial charge in [-0.05, 0) is 49.4 Å². The molecule has 0 bridgehead atoms. The molecule has 0 spiro atoms. The number of aryl methyl sites for hydroxylation is 1. The summed E-state index contributed by atoms with van der Waals surface area (Å²) in [5, 5.41) is 4.46. The number of rotatable bonds is 3. The molecule has 6 heteroatoms. The third kappa shape index (κ3) is 3.30. The Labute approximate surface area is 149 Å². The van der Waals surface area contributed by atoms with E-state index in [4.69, 9.17) is 27.9 Å². The molecule has 122 valence electrons. The Kier molecular flexibility index (Phi) is 4.60. The second-order valence-electron chi connectivity index (χ2n) is 5.26. The Balaban J connectivity index is 1.96. The molecule has 2 aromatic carbocycles. The van der Waals surface area contributed by atoms with E-state index in [1.165, 1.54) is 0 Å². The lowest BCUT2D eigenvalue weighted by Crippen LogP contribution is -2.14. The van der Waals surface area contributed by atoms with E-state index in [9.17, 15) is 4.79 Å². The number of anilines is 1. The van der Waals surface area contributed by atoms with Crippen LogP contribution in [0.15, 0.2) is 42.5 Å². The fourth-order valence-electron chi connectivity index (χ4n) is 2.38. The molecule has 1 N–H and O–H groups in total. The first kappa shape index (κ1) is 16.6. The lowest BCUT2D eigenvalue weighted by molar-refractivity contribution is 0.102. The van der Waals surface area contributed by atoms with Gasteiger partial charge in [-0.1, -0.05) is 23.2 Å². The Morgan fingerprint density at radius 2 is 1.88 bits per heavy atom. The molecule has 0 saturated carbocycles. The minimum absolute atomic E-state index is 0.261. The number of benzene rings is 2. The van der Waals surface area contributed by atoms with Crippen LogP contribution >= 0.6 is 23.2 Å². The highest BCUT2D eigenvalue weighted by Crippen LogP contribution is 2.26. The molecule has 0 unspecified atom stereocenters. The quantitative estimate of drug-likeness (QED) is 0.705. The number of ether oxygens (including phenoxy) is 1. The molecule has 3 aromatic rings. The molecule has 0 aliphatic rings. The molecule has 0 fully saturated rings. The van der Waals surface area contributed by atoms with Crippen LogP contribution in [-0.4, -0.2) is 18.0 Å². The number of halogens is 2. The zero-order valence-electron chi connectivity index (χ0n) is 13.1. The van der Waals surface area contributed by atoms with Gasteiger partial charge >= 0.3 is 0 Å². The highest BCUT2D eigenvalue weighted by molar-refractivity contribution is 6.42. The number of hydrogen-bond acceptors (Lipinski definition) is 3. The lowest BCUT2D eigenvalue weighted by Gasteiger charge is -2.10. The maximum absolute atomic E-state index is 12.6. The van der Waals surface area contributed by atoms with Crippen molar-refractivity contribution < 1.29 is 9.53 Å². The van der Waals surface area contributed by atoms with Gasteiger partial charge in [-0.25, -0.2) is 0 Å². The van der Waals surface area contributed by atoms with Gasteiger partial charge in [0, 0.05) is 11.1 Å². The largest absolute Gasteiger partial charge is 0.497 e. The second-order valence-corrected chi connectivity index (χ2v) is 6.08. The number of hydrogen-bond donors (Lipinski definition) is 1. The minimum atomic E-state index is -0.261. The van der Waals surface area contributed by atoms with E-state index in [0.717, 1.165) is 10.9 Å². The van der Waals surface area contributed by atoms with Crippen LogP contribution in [0.2, 0.25) is 10.0 Å². The van der Waals surface area contributed by atoms with Crippen LogP contribution in [0.5, 0.6) is 5.75 Å². The minimum Gasteiger partial charge on any atom is -0.497 e. The number of pyridine rings is 1. The molecular weight excluding hydrogens is 347 g/mol. The van der Waals surface area contributed by atoms with Crippen LogP contribution in [0.1, 0.15) is 16.1 Å². The summed E-state index contributed by atoms with van der Waals surface area (Å²) < 4.78 is 5.22. The summed E-state index contributed by atoms with van der Waals surface area (Å²) in [6.07, 6.45) is 0. The molecule has 3 rings (SSSR count). The summed E-state index contributed by atoms with van der Waals surface area (Å²) in [5.41, 5.74) is 2.51. The molecule has 1 aromatic heterocycles. The van der Waals surface area contributed by atoms with Gasteiger partial charge < -0.3 is 10.1 Å². The highest BCUT2D eigenvalue weighted by atomic mass is 35.5. The van der Waals surface area contributed by atoms with Gasteiger partial charge in [-0.15, -0.1) is 0 Å². The van der Waals surface area contributed by atoms with Crippen molar-refractivity contribution in [1.29, 1.82) is 0 Å². The van der Waals surface area contributed by atoms with Crippen molar-refractivity contribution in [3.05, 3.63) is 63.8 Å². The summed E-state index contributed by atoms with van der Waals surface area (Å²) in [4.78, 5) is 17.1. The first-order valence-corrected chi connectivity index (χ1v) is 7.95. The number of nitrogens with zero attached hydrogens (tertiary/aromatic N) is 1. The van der Waals surface area contributed by atoms with Gasteiger partial charge in [0.25, 0.3) is 5.91 Å². The van der Waals surface area contributed by atoms with Crippen LogP contribution in [0.25, 0.3) is 10.9 Å². The number of methoxy groups -OCH3 is 1. The molecule has 0 aliphatic heterocycles. The van der Waals surface area contributed by atoms with Crippen molar-refractivity contribution in [3.63, 3.8) is 0 Å². The average molecular weight is 361 g/mol. The summed E-state index contributed by atoms with van der Waals surface area (Å²) >= 11 is 11.9. The standard InChI is InChI=1S/C18H14Cl2N2O2/c1-10-14(8-11-7-13(24-2)4-6-17(11)21-10)18(23)22-12-3-5-15(19)16(20)9-12/h3-9H,1-2H3,(H,22,23). The van der Waals surface area contributed by atoms with Crippen LogP contribution in [0, 0.1) is 6.92 Å². The first-order valence-electron chi connectivity index (χ1n) is 7.20. The van der Waals surface area contributed by atoms with Crippen molar-refractivity contribution in [2.75, 3.05) is 12.4 Å². The molecular formula is C18H14Cl2N2O2. The Morgan fingerprint density at radius 3 is 2.58 bits per heavy atom. The van der Waals surface area contributed by atoms with Gasteiger partial charge in [0.15, 0.2) is 0 Å². The summed E-state index contributed by atoms with van der Waals surface area (Å²) in [6, 6.07) is 12.3. The van der Waals surface area contributed by atoms with Gasteiger partial charge in [-0.3, -0.25) is 9.78 Å². The van der Waals surface area contributed by atoms with E-state index in [-0.39, 0.29) is 5.91 Å². The van der Waals surface area contributed by atoms with Crippen LogP contribution in [-0.2, 0) is 0 Å². The van der Waals surface area contributed by atoms with E-state index < -0.39 is 0 Å². The number of aromatic nitrogens is 1. The maximum atomic E-state index is 12.6. The smallest absolute Gasteiger partial charge is 0.257 e. The van der Waals surface area contributed by atoms with Crippen molar-refractivity contribution in [1.82, 2.24) is 4.98 Å². The average Bonchev–Trinajstić information content (AvgIpc) is 2.57. The summed E-state index contributed by atoms with van der Waals surface area (Å²) in [7, 11) is 1.60. The van der Waals surface area contributed by atoms with E-state index in [0.29, 0.717) is 32.7 Å². The summed E-state index contributed by atoms with van der Waals surface area (Å²) in [6.45, 7) is 1.80. The van der Waals surface area contributed by atoms with Gasteiger partial charge in [-0.2, -0.15) is 0 Å². The molecule has 0 saturated heterocycles. The summed E-state index contributed by atoms with van der Waals surface area (Å²) in [5.74, 6) is 0.451. The molecule has 1 amide bonds. The van der Waals surface area contributed by atoms with Crippen molar-refractivity contribution in [3.8, 4) is 5.75 Å². The molecule has 0 atom stereocenters. The Hall–Kier alpha value is -2.30. The lowest BCUT2D eigenvalue weighted by atomic mass is 10.1. The third-order valence-electron chi connectivity index (χ3n) is 3.63. The third-order valence-corrected chi connectivity index (χ3v) is 4.37. The fourth-order valence-corrected chi connectivity index (χ4v) is 2.68. The topological polar surface area (TPSA) is 51.2 Å². The zero-order valence-corrected chi connectivity index (χ0v) is 14.6. The number of carbonyl (C=O) groups excluding carboxylic acids is 1.